The molecule has 1 N–H and O–H groups in total. The molecule has 0 radical (unpaired) electrons. The number of hydrogen-bond acceptors (Lipinski definition) is 6. The van der Waals surface area contributed by atoms with Crippen LogP contribution in [0.5, 0.6) is 0 Å². The molecule has 0 saturated carbocycles. The van der Waals surface area contributed by atoms with Crippen LogP contribution in [-0.4, -0.2) is 40.8 Å². The number of aliphatic hydroxyl groups is 1. The molecule has 3 aromatic rings. The van der Waals surface area contributed by atoms with Gasteiger partial charge in [-0.1, -0.05) is 25.1 Å². The van der Waals surface area contributed by atoms with Crippen molar-refractivity contribution in [3.8, 4) is 11.4 Å². The third-order valence-electron chi connectivity index (χ3n) is 6.31. The number of methoxy groups -OCH3 is 1. The third kappa shape index (κ3) is 3.11. The van der Waals surface area contributed by atoms with E-state index in [0.29, 0.717) is 30.7 Å². The van der Waals surface area contributed by atoms with Crippen molar-refractivity contribution in [3.05, 3.63) is 63.4 Å². The van der Waals surface area contributed by atoms with Crippen LogP contribution in [0, 0.1) is 0 Å². The van der Waals surface area contributed by atoms with Crippen LogP contribution in [0.4, 0.5) is 0 Å². The third-order valence-corrected chi connectivity index (χ3v) is 6.31. The van der Waals surface area contributed by atoms with E-state index < -0.39 is 11.9 Å². The Bertz CT molecular complexity index is 1220. The number of aromatic nitrogens is 2. The standard InChI is InChI=1S/C24H26N2O5/c1-4-24(28)18-10-20-21-16(9-15-7-5-6-8-19(15)25-21)11-26(20)22(27)17(18)13-30-23(24)31-14(2)12-29-3/h5-10,14,23,28H,4,11-13H2,1-3H3/t14?,23-,24-/m0/s1. The molecule has 0 fully saturated rings. The fraction of sp³-hybridized carbons (Fsp3) is 0.417. The second-order valence-electron chi connectivity index (χ2n) is 8.32. The minimum absolute atomic E-state index is 0.0902. The van der Waals surface area contributed by atoms with E-state index in [0.717, 1.165) is 27.9 Å². The molecule has 1 aromatic carbocycles. The largest absolute Gasteiger partial charge is 0.382 e. The Hall–Kier alpha value is -2.58. The Kier molecular flexibility index (Phi) is 4.94. The van der Waals surface area contributed by atoms with E-state index in [1.807, 2.05) is 44.2 Å². The molecule has 5 rings (SSSR count). The van der Waals surface area contributed by atoms with Gasteiger partial charge < -0.3 is 23.9 Å². The van der Waals surface area contributed by atoms with Gasteiger partial charge in [-0.25, -0.2) is 4.98 Å². The fourth-order valence-corrected chi connectivity index (χ4v) is 4.66. The van der Waals surface area contributed by atoms with Crippen LogP contribution in [0.15, 0.2) is 41.2 Å². The summed E-state index contributed by atoms with van der Waals surface area (Å²) in [5, 5.41) is 12.7. The molecule has 0 aliphatic carbocycles. The smallest absolute Gasteiger partial charge is 0.257 e. The zero-order chi connectivity index (χ0) is 21.8. The quantitative estimate of drug-likeness (QED) is 0.533. The second kappa shape index (κ2) is 7.53. The summed E-state index contributed by atoms with van der Waals surface area (Å²) in [7, 11) is 1.60. The van der Waals surface area contributed by atoms with Crippen molar-refractivity contribution >= 4 is 10.9 Å². The Labute approximate surface area is 180 Å². The lowest BCUT2D eigenvalue weighted by atomic mass is 9.85. The molecule has 7 nitrogen and oxygen atoms in total. The summed E-state index contributed by atoms with van der Waals surface area (Å²) in [4.78, 5) is 18.2. The number of ether oxygens (including phenoxy) is 3. The monoisotopic (exact) mass is 422 g/mol. The minimum atomic E-state index is -1.44. The van der Waals surface area contributed by atoms with Crippen LogP contribution < -0.4 is 5.56 Å². The summed E-state index contributed by atoms with van der Waals surface area (Å²) in [6.07, 6.45) is -0.812. The van der Waals surface area contributed by atoms with E-state index >= 15 is 0 Å². The van der Waals surface area contributed by atoms with Gasteiger partial charge in [-0.15, -0.1) is 0 Å². The number of nitrogens with zero attached hydrogens (tertiary/aromatic N) is 2. The first kappa shape index (κ1) is 20.3. The SMILES string of the molecule is CC[C@]1(O)c2cc3n(c(=O)c2CO[C@H]1OC(C)COC)Cc1cc2ccccc2nc1-3. The molecule has 0 bridgehead atoms. The number of benzene rings is 1. The fourth-order valence-electron chi connectivity index (χ4n) is 4.66. The van der Waals surface area contributed by atoms with E-state index in [1.54, 1.807) is 11.7 Å². The maximum Gasteiger partial charge on any atom is 0.257 e. The molecular weight excluding hydrogens is 396 g/mol. The molecular formula is C24H26N2O5. The highest BCUT2D eigenvalue weighted by Gasteiger charge is 2.46. The summed E-state index contributed by atoms with van der Waals surface area (Å²) in [6.45, 7) is 4.65. The Morgan fingerprint density at radius 3 is 2.94 bits per heavy atom. The molecule has 1 unspecified atom stereocenters. The number of fused-ring (bicyclic) bond motifs is 5. The average molecular weight is 422 g/mol. The van der Waals surface area contributed by atoms with Crippen molar-refractivity contribution in [3.63, 3.8) is 0 Å². The molecule has 0 spiro atoms. The molecule has 0 amide bonds. The van der Waals surface area contributed by atoms with Gasteiger partial charge in [0.05, 0.1) is 42.8 Å². The van der Waals surface area contributed by atoms with Gasteiger partial charge in [0.15, 0.2) is 6.29 Å². The van der Waals surface area contributed by atoms with Crippen LogP contribution in [0.1, 0.15) is 37.0 Å². The first-order valence-corrected chi connectivity index (χ1v) is 10.6. The van der Waals surface area contributed by atoms with E-state index in [-0.39, 0.29) is 18.3 Å². The van der Waals surface area contributed by atoms with Crippen LogP contribution >= 0.6 is 0 Å². The summed E-state index contributed by atoms with van der Waals surface area (Å²) in [5.74, 6) is 0. The van der Waals surface area contributed by atoms with Crippen molar-refractivity contribution in [2.45, 2.75) is 51.4 Å². The Morgan fingerprint density at radius 2 is 2.16 bits per heavy atom. The van der Waals surface area contributed by atoms with Crippen LogP contribution in [0.2, 0.25) is 0 Å². The molecule has 162 valence electrons. The van der Waals surface area contributed by atoms with Gasteiger partial charge in [0.25, 0.3) is 5.56 Å². The minimum Gasteiger partial charge on any atom is -0.382 e. The normalized spacial score (nSPS) is 22.8. The van der Waals surface area contributed by atoms with Crippen molar-refractivity contribution in [1.29, 1.82) is 0 Å². The highest BCUT2D eigenvalue weighted by atomic mass is 16.7. The van der Waals surface area contributed by atoms with Crippen molar-refractivity contribution < 1.29 is 19.3 Å². The first-order chi connectivity index (χ1) is 15.0. The van der Waals surface area contributed by atoms with Gasteiger partial charge in [0, 0.05) is 29.2 Å². The first-order valence-electron chi connectivity index (χ1n) is 10.6. The highest BCUT2D eigenvalue weighted by Crippen LogP contribution is 2.41. The lowest BCUT2D eigenvalue weighted by Gasteiger charge is -2.41. The molecule has 0 saturated heterocycles. The highest BCUT2D eigenvalue weighted by molar-refractivity contribution is 5.84. The van der Waals surface area contributed by atoms with E-state index in [1.165, 1.54) is 0 Å². The zero-order valence-electron chi connectivity index (χ0n) is 17.9. The predicted octanol–water partition coefficient (Wildman–Crippen LogP) is 2.93. The predicted molar refractivity (Wildman–Crippen MR) is 116 cm³/mol. The molecule has 2 aliphatic heterocycles. The van der Waals surface area contributed by atoms with Crippen molar-refractivity contribution in [1.82, 2.24) is 9.55 Å². The molecule has 2 aromatic heterocycles. The van der Waals surface area contributed by atoms with E-state index in [9.17, 15) is 9.90 Å². The summed E-state index contributed by atoms with van der Waals surface area (Å²) < 4.78 is 18.7. The number of rotatable bonds is 5. The van der Waals surface area contributed by atoms with Gasteiger partial charge >= 0.3 is 0 Å². The maximum atomic E-state index is 13.4. The number of para-hydroxylation sites is 1. The number of hydrogen-bond donors (Lipinski definition) is 1. The van der Waals surface area contributed by atoms with E-state index in [4.69, 9.17) is 19.2 Å². The molecule has 2 aliphatic rings. The maximum absolute atomic E-state index is 13.4. The van der Waals surface area contributed by atoms with E-state index in [2.05, 4.69) is 6.07 Å². The summed E-state index contributed by atoms with van der Waals surface area (Å²) >= 11 is 0. The molecule has 4 heterocycles. The van der Waals surface area contributed by atoms with Crippen LogP contribution in [-0.2, 0) is 33.0 Å². The topological polar surface area (TPSA) is 82.8 Å². The molecule has 7 heteroatoms. The summed E-state index contributed by atoms with van der Waals surface area (Å²) in [6, 6.07) is 11.9. The van der Waals surface area contributed by atoms with Gasteiger partial charge in [-0.05, 0) is 31.5 Å². The molecule has 3 atom stereocenters. The summed E-state index contributed by atoms with van der Waals surface area (Å²) in [5.41, 5.74) is 2.84. The van der Waals surface area contributed by atoms with Crippen molar-refractivity contribution in [2.75, 3.05) is 13.7 Å². The lowest BCUT2D eigenvalue weighted by Crippen LogP contribution is -2.50. The van der Waals surface area contributed by atoms with Crippen molar-refractivity contribution in [2.24, 2.45) is 0 Å². The van der Waals surface area contributed by atoms with Crippen LogP contribution in [0.25, 0.3) is 22.3 Å². The average Bonchev–Trinajstić information content (AvgIpc) is 3.12. The van der Waals surface area contributed by atoms with Gasteiger partial charge in [0.1, 0.15) is 5.60 Å². The van der Waals surface area contributed by atoms with Gasteiger partial charge in [0.2, 0.25) is 0 Å². The zero-order valence-corrected chi connectivity index (χ0v) is 17.9. The van der Waals surface area contributed by atoms with Crippen LogP contribution in [0.3, 0.4) is 0 Å². The molecule has 31 heavy (non-hydrogen) atoms. The van der Waals surface area contributed by atoms with Gasteiger partial charge in [-0.2, -0.15) is 0 Å². The van der Waals surface area contributed by atoms with Gasteiger partial charge in [-0.3, -0.25) is 4.79 Å². The number of pyridine rings is 2. The Balaban J connectivity index is 1.64. The second-order valence-corrected chi connectivity index (χ2v) is 8.32. The Morgan fingerprint density at radius 1 is 1.35 bits per heavy atom. The lowest BCUT2D eigenvalue weighted by molar-refractivity contribution is -0.277.